The number of aromatic nitrogens is 2. The summed E-state index contributed by atoms with van der Waals surface area (Å²) in [6.45, 7) is 2.18. The molecule has 0 spiro atoms. The first-order valence-electron chi connectivity index (χ1n) is 11.5. The van der Waals surface area contributed by atoms with Crippen LogP contribution in [0, 0.1) is 11.7 Å². The lowest BCUT2D eigenvalue weighted by atomic mass is 9.94. The first-order valence-corrected chi connectivity index (χ1v) is 11.5. The molecule has 1 N–H and O–H groups in total. The summed E-state index contributed by atoms with van der Waals surface area (Å²) < 4.78 is 15.0. The standard InChI is InChI=1S/C25H27FN4O3/c26-19-9-7-17(8-10-19)23(31)29-13-3-4-18(16-29)24(32)28-14-11-20(12-15-28)30-22-6-2-1-5-21(22)27-25(30)33/h1-2,5-10,18,20H,3-4,11-16H2,(H,27,33). The van der Waals surface area contributed by atoms with Gasteiger partial charge in [-0.15, -0.1) is 0 Å². The second kappa shape index (κ2) is 8.84. The maximum Gasteiger partial charge on any atom is 0.326 e. The van der Waals surface area contributed by atoms with Crippen LogP contribution in [0.3, 0.4) is 0 Å². The Morgan fingerprint density at radius 2 is 1.64 bits per heavy atom. The van der Waals surface area contributed by atoms with E-state index in [0.29, 0.717) is 31.7 Å². The topological polar surface area (TPSA) is 78.4 Å². The molecule has 0 bridgehead atoms. The lowest BCUT2D eigenvalue weighted by Crippen LogP contribution is -2.49. The van der Waals surface area contributed by atoms with E-state index in [4.69, 9.17) is 0 Å². The van der Waals surface area contributed by atoms with Gasteiger partial charge in [0, 0.05) is 37.8 Å². The summed E-state index contributed by atoms with van der Waals surface area (Å²) in [5, 5.41) is 0. The minimum absolute atomic E-state index is 0.0561. The quantitative estimate of drug-likeness (QED) is 0.666. The second-order valence-corrected chi connectivity index (χ2v) is 8.97. The van der Waals surface area contributed by atoms with Crippen molar-refractivity contribution in [2.24, 2.45) is 5.92 Å². The van der Waals surface area contributed by atoms with E-state index >= 15 is 0 Å². The van der Waals surface area contributed by atoms with E-state index in [9.17, 15) is 18.8 Å². The van der Waals surface area contributed by atoms with Gasteiger partial charge in [-0.2, -0.15) is 0 Å². The van der Waals surface area contributed by atoms with Crippen molar-refractivity contribution in [3.63, 3.8) is 0 Å². The number of piperidine rings is 2. The summed E-state index contributed by atoms with van der Waals surface area (Å²) in [6.07, 6.45) is 2.97. The van der Waals surface area contributed by atoms with Crippen molar-refractivity contribution < 1.29 is 14.0 Å². The normalized spacial score (nSPS) is 19.7. The van der Waals surface area contributed by atoms with Crippen LogP contribution in [0.4, 0.5) is 4.39 Å². The number of para-hydroxylation sites is 2. The van der Waals surface area contributed by atoms with Crippen molar-refractivity contribution in [1.82, 2.24) is 19.4 Å². The molecule has 1 aromatic heterocycles. The molecule has 2 aliphatic heterocycles. The van der Waals surface area contributed by atoms with E-state index in [1.54, 1.807) is 4.90 Å². The number of H-pyrrole nitrogens is 1. The Balaban J connectivity index is 1.22. The van der Waals surface area contributed by atoms with Gasteiger partial charge < -0.3 is 14.8 Å². The highest BCUT2D eigenvalue weighted by atomic mass is 19.1. The monoisotopic (exact) mass is 450 g/mol. The summed E-state index contributed by atoms with van der Waals surface area (Å²) in [7, 11) is 0. The van der Waals surface area contributed by atoms with Gasteiger partial charge >= 0.3 is 5.69 Å². The van der Waals surface area contributed by atoms with E-state index in [0.717, 1.165) is 36.7 Å². The number of hydrogen-bond donors (Lipinski definition) is 1. The molecule has 1 atom stereocenters. The fourth-order valence-corrected chi connectivity index (χ4v) is 5.18. The van der Waals surface area contributed by atoms with Crippen molar-refractivity contribution in [2.75, 3.05) is 26.2 Å². The molecule has 33 heavy (non-hydrogen) atoms. The molecule has 0 radical (unpaired) electrons. The summed E-state index contributed by atoms with van der Waals surface area (Å²) in [6, 6.07) is 13.3. The number of rotatable bonds is 3. The summed E-state index contributed by atoms with van der Waals surface area (Å²) in [5.41, 5.74) is 2.06. The molecule has 2 fully saturated rings. The zero-order chi connectivity index (χ0) is 22.9. The molecule has 2 saturated heterocycles. The number of halogens is 1. The molecule has 172 valence electrons. The fraction of sp³-hybridized carbons (Fsp3) is 0.400. The maximum absolute atomic E-state index is 13.2. The lowest BCUT2D eigenvalue weighted by molar-refractivity contribution is -0.138. The van der Waals surface area contributed by atoms with Crippen LogP contribution in [0.5, 0.6) is 0 Å². The number of nitrogens with zero attached hydrogens (tertiary/aromatic N) is 3. The molecule has 2 aliphatic rings. The lowest BCUT2D eigenvalue weighted by Gasteiger charge is -2.38. The highest BCUT2D eigenvalue weighted by Gasteiger charge is 2.34. The summed E-state index contributed by atoms with van der Waals surface area (Å²) in [5.74, 6) is -0.687. The van der Waals surface area contributed by atoms with Crippen LogP contribution in [0.2, 0.25) is 0 Å². The minimum Gasteiger partial charge on any atom is -0.342 e. The molecule has 2 aromatic carbocycles. The van der Waals surface area contributed by atoms with Gasteiger partial charge in [0.15, 0.2) is 0 Å². The first kappa shape index (κ1) is 21.4. The number of carbonyl (C=O) groups is 2. The molecule has 3 aromatic rings. The van der Waals surface area contributed by atoms with Gasteiger partial charge in [0.2, 0.25) is 5.91 Å². The Kier molecular flexibility index (Phi) is 5.74. The number of benzene rings is 2. The van der Waals surface area contributed by atoms with Gasteiger partial charge in [-0.05, 0) is 62.1 Å². The zero-order valence-electron chi connectivity index (χ0n) is 18.4. The van der Waals surface area contributed by atoms with Crippen molar-refractivity contribution in [2.45, 2.75) is 31.7 Å². The van der Waals surface area contributed by atoms with Gasteiger partial charge in [-0.1, -0.05) is 12.1 Å². The predicted octanol–water partition coefficient (Wildman–Crippen LogP) is 3.18. The van der Waals surface area contributed by atoms with Gasteiger partial charge in [0.25, 0.3) is 5.91 Å². The molecule has 5 rings (SSSR count). The number of fused-ring (bicyclic) bond motifs is 1. The third-order valence-corrected chi connectivity index (χ3v) is 6.91. The molecule has 0 saturated carbocycles. The third-order valence-electron chi connectivity index (χ3n) is 6.91. The Labute approximate surface area is 190 Å². The van der Waals surface area contributed by atoms with E-state index in [1.165, 1.54) is 24.3 Å². The highest BCUT2D eigenvalue weighted by molar-refractivity contribution is 5.94. The van der Waals surface area contributed by atoms with Crippen LogP contribution >= 0.6 is 0 Å². The Morgan fingerprint density at radius 1 is 0.909 bits per heavy atom. The highest BCUT2D eigenvalue weighted by Crippen LogP contribution is 2.27. The molecular weight excluding hydrogens is 423 g/mol. The van der Waals surface area contributed by atoms with E-state index in [1.807, 2.05) is 33.7 Å². The summed E-state index contributed by atoms with van der Waals surface area (Å²) in [4.78, 5) is 45.1. The van der Waals surface area contributed by atoms with Gasteiger partial charge in [-0.3, -0.25) is 14.2 Å². The van der Waals surface area contributed by atoms with Gasteiger partial charge in [0.1, 0.15) is 5.82 Å². The molecule has 0 aliphatic carbocycles. The van der Waals surface area contributed by atoms with Crippen molar-refractivity contribution >= 4 is 22.8 Å². The SMILES string of the molecule is O=C(c1ccc(F)cc1)N1CCCC(C(=O)N2CCC(n3c(=O)[nH]c4ccccc43)CC2)C1. The van der Waals surface area contributed by atoms with Crippen molar-refractivity contribution in [1.29, 1.82) is 0 Å². The van der Waals surface area contributed by atoms with Crippen molar-refractivity contribution in [3.8, 4) is 0 Å². The largest absolute Gasteiger partial charge is 0.342 e. The van der Waals surface area contributed by atoms with Crippen LogP contribution in [-0.4, -0.2) is 57.3 Å². The number of amides is 2. The van der Waals surface area contributed by atoms with Crippen LogP contribution in [0.15, 0.2) is 53.3 Å². The number of imidazole rings is 1. The van der Waals surface area contributed by atoms with Crippen LogP contribution in [-0.2, 0) is 4.79 Å². The van der Waals surface area contributed by atoms with Gasteiger partial charge in [0.05, 0.1) is 17.0 Å². The predicted molar refractivity (Wildman–Crippen MR) is 122 cm³/mol. The Hall–Kier alpha value is -3.42. The van der Waals surface area contributed by atoms with E-state index in [-0.39, 0.29) is 35.3 Å². The average molecular weight is 451 g/mol. The number of hydrogen-bond acceptors (Lipinski definition) is 3. The molecule has 2 amide bonds. The number of aromatic amines is 1. The molecule has 3 heterocycles. The van der Waals surface area contributed by atoms with Crippen molar-refractivity contribution in [3.05, 3.63) is 70.4 Å². The van der Waals surface area contributed by atoms with Crippen LogP contribution in [0.25, 0.3) is 11.0 Å². The van der Waals surface area contributed by atoms with E-state index in [2.05, 4.69) is 4.98 Å². The Morgan fingerprint density at radius 3 is 2.39 bits per heavy atom. The zero-order valence-corrected chi connectivity index (χ0v) is 18.4. The van der Waals surface area contributed by atoms with E-state index < -0.39 is 0 Å². The molecular formula is C25H27FN4O3. The second-order valence-electron chi connectivity index (χ2n) is 8.97. The number of carbonyl (C=O) groups excluding carboxylic acids is 2. The number of nitrogens with one attached hydrogen (secondary N) is 1. The number of likely N-dealkylation sites (tertiary alicyclic amines) is 2. The maximum atomic E-state index is 13.2. The van der Waals surface area contributed by atoms with Gasteiger partial charge in [-0.25, -0.2) is 9.18 Å². The summed E-state index contributed by atoms with van der Waals surface area (Å²) >= 11 is 0. The average Bonchev–Trinajstić information content (AvgIpc) is 3.19. The minimum atomic E-state index is -0.378. The molecule has 1 unspecified atom stereocenters. The molecule has 7 nitrogen and oxygen atoms in total. The Bertz CT molecular complexity index is 1220. The van der Waals surface area contributed by atoms with Crippen LogP contribution < -0.4 is 5.69 Å². The smallest absolute Gasteiger partial charge is 0.326 e. The first-order chi connectivity index (χ1) is 16.0. The fourth-order valence-electron chi connectivity index (χ4n) is 5.18. The van der Waals surface area contributed by atoms with Crippen LogP contribution in [0.1, 0.15) is 42.1 Å². The third kappa shape index (κ3) is 4.17. The molecule has 8 heteroatoms.